The highest BCUT2D eigenvalue weighted by atomic mass is 127. The molecule has 1 saturated carbocycles. The Balaban J connectivity index is 1.80. The third-order valence-corrected chi connectivity index (χ3v) is 4.93. The lowest BCUT2D eigenvalue weighted by atomic mass is 10.2. The van der Waals surface area contributed by atoms with E-state index in [-0.39, 0.29) is 11.3 Å². The zero-order chi connectivity index (χ0) is 15.0. The summed E-state index contributed by atoms with van der Waals surface area (Å²) >= 11 is 3.32. The quantitative estimate of drug-likeness (QED) is 0.469. The molecule has 1 amide bonds. The van der Waals surface area contributed by atoms with Crippen molar-refractivity contribution in [2.45, 2.75) is 18.8 Å². The minimum Gasteiger partial charge on any atom is -0.296 e. The van der Waals surface area contributed by atoms with Gasteiger partial charge in [-0.1, -0.05) is 11.3 Å². The summed E-state index contributed by atoms with van der Waals surface area (Å²) in [7, 11) is 0. The predicted molar refractivity (Wildman–Crippen MR) is 85.7 cm³/mol. The lowest BCUT2D eigenvalue weighted by Crippen LogP contribution is -2.13. The first-order valence-corrected chi connectivity index (χ1v) is 8.03. The maximum Gasteiger partial charge on any atom is 0.270 e. The van der Waals surface area contributed by atoms with Crippen molar-refractivity contribution in [3.63, 3.8) is 0 Å². The van der Waals surface area contributed by atoms with Crippen LogP contribution >= 0.6 is 33.9 Å². The monoisotopic (exact) mass is 416 g/mol. The van der Waals surface area contributed by atoms with Gasteiger partial charge in [0.05, 0.1) is 10.5 Å². The summed E-state index contributed by atoms with van der Waals surface area (Å²) in [5.41, 5.74) is 0.143. The second-order valence-electron chi connectivity index (χ2n) is 4.60. The van der Waals surface area contributed by atoms with Crippen molar-refractivity contribution in [1.29, 1.82) is 0 Å². The summed E-state index contributed by atoms with van der Waals surface area (Å²) in [6.07, 6.45) is 2.23. The van der Waals surface area contributed by atoms with E-state index in [1.165, 1.54) is 23.5 Å². The Bertz CT molecular complexity index is 729. The van der Waals surface area contributed by atoms with Crippen molar-refractivity contribution in [3.05, 3.63) is 42.5 Å². The Hall–Kier alpha value is -1.62. The molecule has 21 heavy (non-hydrogen) atoms. The first-order valence-electron chi connectivity index (χ1n) is 6.13. The van der Waals surface area contributed by atoms with Crippen molar-refractivity contribution >= 4 is 50.7 Å². The molecule has 1 fully saturated rings. The van der Waals surface area contributed by atoms with E-state index in [4.69, 9.17) is 0 Å². The summed E-state index contributed by atoms with van der Waals surface area (Å²) in [4.78, 5) is 22.5. The molecule has 2 aromatic rings. The number of nitro groups is 1. The van der Waals surface area contributed by atoms with Crippen LogP contribution in [0.3, 0.4) is 0 Å². The summed E-state index contributed by atoms with van der Waals surface area (Å²) in [6, 6.07) is 4.18. The molecule has 0 atom stereocenters. The number of hydrogen-bond acceptors (Lipinski definition) is 6. The molecule has 1 aromatic heterocycles. The fraction of sp³-hybridized carbons (Fsp3) is 0.250. The molecule has 108 valence electrons. The van der Waals surface area contributed by atoms with Crippen molar-refractivity contribution in [2.75, 3.05) is 5.32 Å². The van der Waals surface area contributed by atoms with E-state index in [0.29, 0.717) is 14.6 Å². The van der Waals surface area contributed by atoms with E-state index in [2.05, 4.69) is 15.5 Å². The van der Waals surface area contributed by atoms with E-state index in [1.54, 1.807) is 6.07 Å². The molecule has 0 bridgehead atoms. The van der Waals surface area contributed by atoms with Crippen molar-refractivity contribution < 1.29 is 9.72 Å². The van der Waals surface area contributed by atoms with Crippen LogP contribution in [-0.2, 0) is 0 Å². The van der Waals surface area contributed by atoms with Gasteiger partial charge in [-0.15, -0.1) is 10.2 Å². The number of aromatic nitrogens is 2. The van der Waals surface area contributed by atoms with Gasteiger partial charge in [0.1, 0.15) is 5.01 Å². The molecule has 1 aliphatic rings. The van der Waals surface area contributed by atoms with E-state index >= 15 is 0 Å². The van der Waals surface area contributed by atoms with E-state index in [1.807, 2.05) is 22.6 Å². The first kappa shape index (κ1) is 14.3. The number of non-ortho nitro benzene ring substituents is 1. The number of carbonyl (C=O) groups excluding carboxylic acids is 1. The van der Waals surface area contributed by atoms with Gasteiger partial charge in [0, 0.05) is 21.6 Å². The van der Waals surface area contributed by atoms with Gasteiger partial charge in [0.25, 0.3) is 11.6 Å². The van der Waals surface area contributed by atoms with E-state index in [0.717, 1.165) is 17.8 Å². The standard InChI is InChI=1S/C12H9IN4O3S/c13-9-4-3-7(17(19)20)5-8(9)10(18)14-12-16-15-11(21-12)6-1-2-6/h3-6H,1-2H2,(H,14,16,18). The molecule has 1 aromatic carbocycles. The van der Waals surface area contributed by atoms with Crippen LogP contribution in [0.2, 0.25) is 0 Å². The Labute approximate surface area is 137 Å². The average Bonchev–Trinajstić information content (AvgIpc) is 3.20. The number of halogens is 1. The Morgan fingerprint density at radius 1 is 1.43 bits per heavy atom. The first-order chi connectivity index (χ1) is 10.0. The number of benzene rings is 1. The smallest absolute Gasteiger partial charge is 0.270 e. The molecule has 1 aliphatic carbocycles. The SMILES string of the molecule is O=C(Nc1nnc(C2CC2)s1)c1cc([N+](=O)[O-])ccc1I. The number of carbonyl (C=O) groups is 1. The molecule has 0 unspecified atom stereocenters. The van der Waals surface area contributed by atoms with Gasteiger partial charge in [-0.05, 0) is 41.5 Å². The number of rotatable bonds is 4. The van der Waals surface area contributed by atoms with Crippen molar-refractivity contribution in [2.24, 2.45) is 0 Å². The Kier molecular flexibility index (Phi) is 3.85. The van der Waals surface area contributed by atoms with Crippen LogP contribution in [0.25, 0.3) is 0 Å². The number of anilines is 1. The van der Waals surface area contributed by atoms with Crippen LogP contribution in [0.15, 0.2) is 18.2 Å². The van der Waals surface area contributed by atoms with Gasteiger partial charge in [-0.25, -0.2) is 0 Å². The second kappa shape index (κ2) is 5.64. The highest BCUT2D eigenvalue weighted by molar-refractivity contribution is 14.1. The van der Waals surface area contributed by atoms with Gasteiger partial charge in [-0.3, -0.25) is 20.2 Å². The highest BCUT2D eigenvalue weighted by Gasteiger charge is 2.28. The molecule has 7 nitrogen and oxygen atoms in total. The zero-order valence-corrected chi connectivity index (χ0v) is 13.6. The van der Waals surface area contributed by atoms with Gasteiger partial charge < -0.3 is 0 Å². The molecule has 1 heterocycles. The molecule has 9 heteroatoms. The lowest BCUT2D eigenvalue weighted by molar-refractivity contribution is -0.384. The van der Waals surface area contributed by atoms with Gasteiger partial charge in [0.15, 0.2) is 0 Å². The molecule has 0 spiro atoms. The van der Waals surface area contributed by atoms with Gasteiger partial charge >= 0.3 is 0 Å². The topological polar surface area (TPSA) is 98.0 Å². The highest BCUT2D eigenvalue weighted by Crippen LogP contribution is 2.42. The Morgan fingerprint density at radius 2 is 2.19 bits per heavy atom. The lowest BCUT2D eigenvalue weighted by Gasteiger charge is -2.03. The largest absolute Gasteiger partial charge is 0.296 e. The third-order valence-electron chi connectivity index (χ3n) is 2.99. The fourth-order valence-corrected chi connectivity index (χ4v) is 3.23. The average molecular weight is 416 g/mol. The maximum absolute atomic E-state index is 12.2. The van der Waals surface area contributed by atoms with Gasteiger partial charge in [-0.2, -0.15) is 0 Å². The van der Waals surface area contributed by atoms with Crippen LogP contribution < -0.4 is 5.32 Å². The summed E-state index contributed by atoms with van der Waals surface area (Å²) in [6.45, 7) is 0. The van der Waals surface area contributed by atoms with Crippen LogP contribution in [0.1, 0.15) is 34.1 Å². The van der Waals surface area contributed by atoms with Crippen molar-refractivity contribution in [3.8, 4) is 0 Å². The number of amides is 1. The van der Waals surface area contributed by atoms with Crippen LogP contribution in [0.4, 0.5) is 10.8 Å². The minimum absolute atomic E-state index is 0.114. The Morgan fingerprint density at radius 3 is 2.86 bits per heavy atom. The summed E-state index contributed by atoms with van der Waals surface area (Å²) in [5, 5.41) is 22.7. The van der Waals surface area contributed by atoms with Crippen LogP contribution in [-0.4, -0.2) is 21.0 Å². The predicted octanol–water partition coefficient (Wildman–Crippen LogP) is 3.18. The minimum atomic E-state index is -0.525. The number of hydrogen-bond donors (Lipinski definition) is 1. The van der Waals surface area contributed by atoms with Crippen LogP contribution in [0, 0.1) is 13.7 Å². The molecule has 0 saturated heterocycles. The zero-order valence-electron chi connectivity index (χ0n) is 10.6. The molecule has 0 aliphatic heterocycles. The molecular formula is C12H9IN4O3S. The summed E-state index contributed by atoms with van der Waals surface area (Å²) < 4.78 is 0.641. The maximum atomic E-state index is 12.2. The second-order valence-corrected chi connectivity index (χ2v) is 6.77. The number of nitrogens with zero attached hydrogens (tertiary/aromatic N) is 3. The number of nitrogens with one attached hydrogen (secondary N) is 1. The fourth-order valence-electron chi connectivity index (χ4n) is 1.75. The summed E-state index contributed by atoms with van der Waals surface area (Å²) in [5.74, 6) is 0.0627. The van der Waals surface area contributed by atoms with E-state index < -0.39 is 10.8 Å². The number of nitro benzene ring substituents is 1. The third kappa shape index (κ3) is 3.18. The van der Waals surface area contributed by atoms with Gasteiger partial charge in [0.2, 0.25) is 5.13 Å². The molecule has 3 rings (SSSR count). The molecular weight excluding hydrogens is 407 g/mol. The molecule has 0 radical (unpaired) electrons. The molecule has 1 N–H and O–H groups in total. The van der Waals surface area contributed by atoms with Crippen LogP contribution in [0.5, 0.6) is 0 Å². The normalized spacial score (nSPS) is 14.0. The van der Waals surface area contributed by atoms with E-state index in [9.17, 15) is 14.9 Å². The van der Waals surface area contributed by atoms with Crippen molar-refractivity contribution in [1.82, 2.24) is 10.2 Å².